The second-order valence-corrected chi connectivity index (χ2v) is 4.04. The minimum absolute atomic E-state index is 0.110. The molecular weight excluding hydrogens is 264 g/mol. The number of hydrogen-bond acceptors (Lipinski definition) is 3. The molecule has 0 saturated carbocycles. The molecule has 2 aromatic rings. The van der Waals surface area contributed by atoms with Gasteiger partial charge in [-0.2, -0.15) is 0 Å². The molecule has 0 N–H and O–H groups in total. The average Bonchev–Trinajstić information content (AvgIpc) is 2.47. The quantitative estimate of drug-likeness (QED) is 0.796. The number of ether oxygens (including phenoxy) is 1. The molecule has 0 unspecified atom stereocenters. The number of benzene rings is 1. The van der Waals surface area contributed by atoms with Crippen LogP contribution in [0, 0.1) is 0 Å². The summed E-state index contributed by atoms with van der Waals surface area (Å²) in [6.07, 6.45) is -1.17. The van der Waals surface area contributed by atoms with Crippen LogP contribution in [0.25, 0.3) is 11.3 Å². The first-order chi connectivity index (χ1) is 9.63. The molecule has 1 aromatic carbocycles. The van der Waals surface area contributed by atoms with Crippen molar-refractivity contribution in [3.63, 3.8) is 0 Å². The number of carbonyl (C=O) groups is 1. The minimum atomic E-state index is -2.75. The molecule has 0 aliphatic carbocycles. The highest BCUT2D eigenvalue weighted by molar-refractivity contribution is 5.92. The molecule has 0 radical (unpaired) electrons. The fraction of sp³-hybridized carbons (Fsp3) is 0.200. The van der Waals surface area contributed by atoms with Crippen LogP contribution < -0.4 is 0 Å². The molecule has 5 heteroatoms. The molecule has 0 bridgehead atoms. The summed E-state index contributed by atoms with van der Waals surface area (Å²) in [5.74, 6) is -0.740. The number of aromatic nitrogens is 1. The summed E-state index contributed by atoms with van der Waals surface area (Å²) in [7, 11) is 0. The molecule has 0 spiro atoms. The number of pyridine rings is 1. The lowest BCUT2D eigenvalue weighted by molar-refractivity contribution is 0.0515. The van der Waals surface area contributed by atoms with Crippen LogP contribution in [0.4, 0.5) is 8.78 Å². The summed E-state index contributed by atoms with van der Waals surface area (Å²) >= 11 is 0. The van der Waals surface area contributed by atoms with Gasteiger partial charge in [-0.15, -0.1) is 0 Å². The molecule has 1 heterocycles. The summed E-state index contributed by atoms with van der Waals surface area (Å²) in [4.78, 5) is 15.7. The SMILES string of the molecule is CCOC(=O)c1ccc(-c2ccccn2)cc1C(F)F. The highest BCUT2D eigenvalue weighted by atomic mass is 19.3. The predicted molar refractivity (Wildman–Crippen MR) is 70.6 cm³/mol. The summed E-state index contributed by atoms with van der Waals surface area (Å²) in [6.45, 7) is 1.77. The van der Waals surface area contributed by atoms with Crippen LogP contribution in [-0.4, -0.2) is 17.6 Å². The fourth-order valence-corrected chi connectivity index (χ4v) is 1.83. The zero-order chi connectivity index (χ0) is 14.5. The van der Waals surface area contributed by atoms with E-state index in [1.165, 1.54) is 12.1 Å². The highest BCUT2D eigenvalue weighted by Gasteiger charge is 2.20. The summed E-state index contributed by atoms with van der Waals surface area (Å²) in [5, 5.41) is 0. The van der Waals surface area contributed by atoms with E-state index in [1.54, 1.807) is 37.4 Å². The standard InChI is InChI=1S/C15H13F2NO2/c1-2-20-15(19)11-7-6-10(9-12(11)14(16)17)13-5-3-4-8-18-13/h3-9,14H,2H2,1H3. The molecule has 0 fully saturated rings. The van der Waals surface area contributed by atoms with E-state index >= 15 is 0 Å². The molecule has 1 aromatic heterocycles. The van der Waals surface area contributed by atoms with Crippen molar-refractivity contribution in [2.45, 2.75) is 13.3 Å². The number of rotatable bonds is 4. The number of nitrogens with zero attached hydrogens (tertiary/aromatic N) is 1. The van der Waals surface area contributed by atoms with Crippen LogP contribution in [0.1, 0.15) is 29.3 Å². The van der Waals surface area contributed by atoms with Crippen molar-refractivity contribution in [3.05, 3.63) is 53.7 Å². The van der Waals surface area contributed by atoms with Crippen LogP contribution in [0.3, 0.4) is 0 Å². The molecule has 0 aliphatic rings. The van der Waals surface area contributed by atoms with Gasteiger partial charge in [0.15, 0.2) is 0 Å². The van der Waals surface area contributed by atoms with Crippen molar-refractivity contribution in [2.75, 3.05) is 6.61 Å². The van der Waals surface area contributed by atoms with E-state index in [-0.39, 0.29) is 17.7 Å². The van der Waals surface area contributed by atoms with E-state index in [0.29, 0.717) is 11.3 Å². The van der Waals surface area contributed by atoms with Crippen molar-refractivity contribution in [3.8, 4) is 11.3 Å². The van der Waals surface area contributed by atoms with E-state index in [1.807, 2.05) is 0 Å². The summed E-state index contributed by atoms with van der Waals surface area (Å²) < 4.78 is 31.0. The van der Waals surface area contributed by atoms with Gasteiger partial charge in [0.05, 0.1) is 17.9 Å². The topological polar surface area (TPSA) is 39.2 Å². The number of halogens is 2. The first-order valence-electron chi connectivity index (χ1n) is 6.14. The van der Waals surface area contributed by atoms with E-state index < -0.39 is 12.4 Å². The number of carbonyl (C=O) groups excluding carboxylic acids is 1. The zero-order valence-corrected chi connectivity index (χ0v) is 10.8. The van der Waals surface area contributed by atoms with Crippen molar-refractivity contribution in [1.82, 2.24) is 4.98 Å². The maximum Gasteiger partial charge on any atom is 0.338 e. The van der Waals surface area contributed by atoms with Gasteiger partial charge in [0.2, 0.25) is 0 Å². The van der Waals surface area contributed by atoms with Crippen LogP contribution in [0.2, 0.25) is 0 Å². The Bertz CT molecular complexity index is 600. The lowest BCUT2D eigenvalue weighted by atomic mass is 10.0. The van der Waals surface area contributed by atoms with Gasteiger partial charge >= 0.3 is 5.97 Å². The lowest BCUT2D eigenvalue weighted by Gasteiger charge is -2.10. The Morgan fingerprint density at radius 1 is 1.30 bits per heavy atom. The molecule has 3 nitrogen and oxygen atoms in total. The maximum absolute atomic E-state index is 13.1. The van der Waals surface area contributed by atoms with Crippen molar-refractivity contribution < 1.29 is 18.3 Å². The Morgan fingerprint density at radius 3 is 2.70 bits per heavy atom. The van der Waals surface area contributed by atoms with Gasteiger partial charge in [0.1, 0.15) is 0 Å². The average molecular weight is 277 g/mol. The Kier molecular flexibility index (Phi) is 4.40. The lowest BCUT2D eigenvalue weighted by Crippen LogP contribution is -2.08. The number of alkyl halides is 2. The van der Waals surface area contributed by atoms with Gasteiger partial charge in [0, 0.05) is 17.3 Å². The van der Waals surface area contributed by atoms with Gasteiger partial charge in [-0.05, 0) is 31.2 Å². The Hall–Kier alpha value is -2.30. The molecule has 2 rings (SSSR count). The van der Waals surface area contributed by atoms with Crippen LogP contribution in [0.5, 0.6) is 0 Å². The minimum Gasteiger partial charge on any atom is -0.462 e. The first-order valence-corrected chi connectivity index (χ1v) is 6.14. The maximum atomic E-state index is 13.1. The Labute approximate surface area is 115 Å². The third kappa shape index (κ3) is 2.99. The highest BCUT2D eigenvalue weighted by Crippen LogP contribution is 2.28. The normalized spacial score (nSPS) is 10.6. The third-order valence-electron chi connectivity index (χ3n) is 2.74. The van der Waals surface area contributed by atoms with Crippen molar-refractivity contribution in [2.24, 2.45) is 0 Å². The van der Waals surface area contributed by atoms with Gasteiger partial charge in [-0.1, -0.05) is 12.1 Å². The van der Waals surface area contributed by atoms with E-state index in [0.717, 1.165) is 0 Å². The molecule has 0 amide bonds. The second kappa shape index (κ2) is 6.23. The van der Waals surface area contributed by atoms with Crippen molar-refractivity contribution >= 4 is 5.97 Å². The van der Waals surface area contributed by atoms with Crippen LogP contribution >= 0.6 is 0 Å². The smallest absolute Gasteiger partial charge is 0.338 e. The van der Waals surface area contributed by atoms with Gasteiger partial charge in [-0.25, -0.2) is 13.6 Å². The second-order valence-electron chi connectivity index (χ2n) is 4.04. The zero-order valence-electron chi connectivity index (χ0n) is 10.8. The molecule has 20 heavy (non-hydrogen) atoms. The van der Waals surface area contributed by atoms with E-state index in [2.05, 4.69) is 4.98 Å². The summed E-state index contributed by atoms with van der Waals surface area (Å²) in [5.41, 5.74) is 0.659. The molecule has 104 valence electrons. The largest absolute Gasteiger partial charge is 0.462 e. The molecule has 0 saturated heterocycles. The molecule has 0 aliphatic heterocycles. The summed E-state index contributed by atoms with van der Waals surface area (Å²) in [6, 6.07) is 9.44. The van der Waals surface area contributed by atoms with E-state index in [9.17, 15) is 13.6 Å². The fourth-order valence-electron chi connectivity index (χ4n) is 1.83. The monoisotopic (exact) mass is 277 g/mol. The van der Waals surface area contributed by atoms with Crippen molar-refractivity contribution in [1.29, 1.82) is 0 Å². The number of esters is 1. The van der Waals surface area contributed by atoms with Gasteiger partial charge in [-0.3, -0.25) is 4.98 Å². The third-order valence-corrected chi connectivity index (χ3v) is 2.74. The predicted octanol–water partition coefficient (Wildman–Crippen LogP) is 3.86. The van der Waals surface area contributed by atoms with Gasteiger partial charge in [0.25, 0.3) is 6.43 Å². The molecule has 0 atom stereocenters. The Balaban J connectivity index is 2.45. The van der Waals surface area contributed by atoms with E-state index in [4.69, 9.17) is 4.74 Å². The van der Waals surface area contributed by atoms with Gasteiger partial charge < -0.3 is 4.74 Å². The Morgan fingerprint density at radius 2 is 2.10 bits per heavy atom. The molecular formula is C15H13F2NO2. The number of hydrogen-bond donors (Lipinski definition) is 0. The van der Waals surface area contributed by atoms with Crippen LogP contribution in [0.15, 0.2) is 42.6 Å². The van der Waals surface area contributed by atoms with Crippen LogP contribution in [-0.2, 0) is 4.74 Å². The first kappa shape index (κ1) is 14.1.